The summed E-state index contributed by atoms with van der Waals surface area (Å²) < 4.78 is 107. The zero-order valence-electron chi connectivity index (χ0n) is 25.2. The minimum Gasteiger partial charge on any atom is -0.490 e. The van der Waals surface area contributed by atoms with Gasteiger partial charge in [0.1, 0.15) is 5.75 Å². The highest BCUT2D eigenvalue weighted by molar-refractivity contribution is 7.89. The van der Waals surface area contributed by atoms with Crippen molar-refractivity contribution in [1.29, 1.82) is 0 Å². The van der Waals surface area contributed by atoms with Crippen LogP contribution in [0.5, 0.6) is 5.75 Å². The van der Waals surface area contributed by atoms with Crippen molar-refractivity contribution in [2.24, 2.45) is 5.73 Å². The van der Waals surface area contributed by atoms with Crippen LogP contribution in [0.25, 0.3) is 10.8 Å². The van der Waals surface area contributed by atoms with Gasteiger partial charge in [0.2, 0.25) is 15.9 Å². The Hall–Kier alpha value is -3.29. The number of sulfonamides is 1. The predicted molar refractivity (Wildman–Crippen MR) is 162 cm³/mol. The lowest BCUT2D eigenvalue weighted by molar-refractivity contribution is -0.155. The van der Waals surface area contributed by atoms with E-state index in [9.17, 15) is 26.4 Å². The van der Waals surface area contributed by atoms with E-state index in [4.69, 9.17) is 10.5 Å². The molecule has 3 aromatic carbocycles. The van der Waals surface area contributed by atoms with E-state index in [0.29, 0.717) is 70.8 Å². The van der Waals surface area contributed by atoms with Crippen molar-refractivity contribution in [3.63, 3.8) is 0 Å². The highest BCUT2D eigenvalue weighted by Crippen LogP contribution is 2.43. The average Bonchev–Trinajstić information content (AvgIpc) is 3.61. The second-order valence-corrected chi connectivity index (χ2v) is 14.7. The van der Waals surface area contributed by atoms with Crippen LogP contribution in [0.15, 0.2) is 65.6 Å². The molecule has 1 amide bonds. The van der Waals surface area contributed by atoms with Gasteiger partial charge in [-0.1, -0.05) is 24.3 Å². The number of hydrogen-bond donors (Lipinski definition) is 1. The van der Waals surface area contributed by atoms with Gasteiger partial charge in [0, 0.05) is 30.7 Å². The lowest BCUT2D eigenvalue weighted by Crippen LogP contribution is -2.61. The molecule has 3 aliphatic rings. The van der Waals surface area contributed by atoms with Crippen LogP contribution >= 0.6 is 0 Å². The van der Waals surface area contributed by atoms with Crippen LogP contribution in [0.4, 0.5) is 22.0 Å². The zero-order valence-corrected chi connectivity index (χ0v) is 26.0. The first-order valence-corrected chi connectivity index (χ1v) is 16.9. The van der Waals surface area contributed by atoms with Crippen molar-refractivity contribution in [3.8, 4) is 5.75 Å². The van der Waals surface area contributed by atoms with Crippen LogP contribution in [0.1, 0.15) is 62.5 Å². The summed E-state index contributed by atoms with van der Waals surface area (Å²) in [6.07, 6.45) is 1.32. The molecule has 0 aromatic heterocycles. The zero-order chi connectivity index (χ0) is 33.0. The second-order valence-electron chi connectivity index (χ2n) is 12.7. The van der Waals surface area contributed by atoms with E-state index in [1.165, 1.54) is 17.0 Å². The molecule has 248 valence electrons. The van der Waals surface area contributed by atoms with Crippen LogP contribution < -0.4 is 10.5 Å². The second kappa shape index (κ2) is 12.1. The van der Waals surface area contributed by atoms with E-state index >= 15 is 8.78 Å². The fraction of sp³-hybridized carbons (Fsp3) is 0.485. The molecule has 6 rings (SSSR count). The van der Waals surface area contributed by atoms with Gasteiger partial charge in [0.05, 0.1) is 16.6 Å². The number of fused-ring (bicyclic) bond motifs is 3. The van der Waals surface area contributed by atoms with Crippen molar-refractivity contribution < 1.29 is 39.9 Å². The summed E-state index contributed by atoms with van der Waals surface area (Å²) in [6.45, 7) is 0. The molecule has 1 saturated carbocycles. The van der Waals surface area contributed by atoms with E-state index in [1.54, 1.807) is 24.3 Å². The molecule has 1 aliphatic carbocycles. The smallest absolute Gasteiger partial charge is 0.416 e. The van der Waals surface area contributed by atoms with Gasteiger partial charge >= 0.3 is 6.18 Å². The number of halogens is 5. The normalized spacial score (nSPS) is 23.3. The monoisotopic (exact) mass is 665 g/mol. The molecule has 2 aliphatic heterocycles. The minimum atomic E-state index is -4.77. The number of likely N-dealkylation sites (N-methyl/N-ethyl adjacent to an activating group) is 1. The fourth-order valence-electron chi connectivity index (χ4n) is 7.24. The predicted octanol–water partition coefficient (Wildman–Crippen LogP) is 6.44. The molecular weight excluding hydrogens is 629 g/mol. The van der Waals surface area contributed by atoms with Crippen LogP contribution in [0.3, 0.4) is 0 Å². The third-order valence-electron chi connectivity index (χ3n) is 9.63. The standard InChI is InChI=1S/C33H36F5N3O4S/c1-40(46(43,44)29-15-7-20-16-28(14-6-21(20)17-29)45-27-4-2-3-5-27)30(31(42)41-25-12-13-26(41)19-24(39)18-25)32(34,35)22-8-10-23(11-9-22)33(36,37)38/h6-11,14-17,24-27,30H,2-5,12-13,18-19,39H2,1H3/t24?,25?,26?,30-/m1/s1. The Morgan fingerprint density at radius 1 is 0.870 bits per heavy atom. The number of nitrogens with two attached hydrogens (primary N) is 1. The SMILES string of the molecule is CN([C@H](C(=O)N1C2CCC1CC(N)C2)C(F)(F)c1ccc(C(F)(F)F)cc1)S(=O)(=O)c1ccc2cc(OC3CCCC3)ccc2c1. The van der Waals surface area contributed by atoms with Gasteiger partial charge in [-0.2, -0.15) is 26.3 Å². The van der Waals surface area contributed by atoms with Gasteiger partial charge < -0.3 is 15.4 Å². The number of carbonyl (C=O) groups is 1. The highest BCUT2D eigenvalue weighted by atomic mass is 32.2. The molecular formula is C33H36F5N3O4S. The molecule has 3 atom stereocenters. The number of amides is 1. The van der Waals surface area contributed by atoms with Gasteiger partial charge in [-0.05, 0) is 98.5 Å². The summed E-state index contributed by atoms with van der Waals surface area (Å²) in [6, 6.07) is 7.89. The molecule has 2 heterocycles. The van der Waals surface area contributed by atoms with E-state index in [-0.39, 0.29) is 17.0 Å². The van der Waals surface area contributed by atoms with Crippen molar-refractivity contribution in [2.45, 2.75) is 98.6 Å². The largest absolute Gasteiger partial charge is 0.490 e. The van der Waals surface area contributed by atoms with Gasteiger partial charge in [-0.3, -0.25) is 4.79 Å². The Kier molecular flexibility index (Phi) is 8.56. The molecule has 3 fully saturated rings. The van der Waals surface area contributed by atoms with Gasteiger partial charge in [0.15, 0.2) is 6.04 Å². The van der Waals surface area contributed by atoms with Crippen LogP contribution in [0, 0.1) is 0 Å². The van der Waals surface area contributed by atoms with E-state index in [0.717, 1.165) is 32.7 Å². The first-order chi connectivity index (χ1) is 21.7. The third kappa shape index (κ3) is 6.09. The average molecular weight is 666 g/mol. The van der Waals surface area contributed by atoms with E-state index in [2.05, 4.69) is 0 Å². The van der Waals surface area contributed by atoms with Crippen LogP contribution in [-0.4, -0.2) is 60.8 Å². The number of benzene rings is 3. The number of nitrogens with zero attached hydrogens (tertiary/aromatic N) is 2. The number of alkyl halides is 5. The van der Waals surface area contributed by atoms with E-state index < -0.39 is 57.3 Å². The van der Waals surface area contributed by atoms with Crippen molar-refractivity contribution in [3.05, 3.63) is 71.8 Å². The van der Waals surface area contributed by atoms with Crippen molar-refractivity contribution in [2.75, 3.05) is 7.05 Å². The molecule has 0 radical (unpaired) electrons. The Bertz CT molecular complexity index is 1700. The summed E-state index contributed by atoms with van der Waals surface area (Å²) in [4.78, 5) is 15.1. The quantitative estimate of drug-likeness (QED) is 0.280. The molecule has 7 nitrogen and oxygen atoms in total. The summed E-state index contributed by atoms with van der Waals surface area (Å²) in [5.74, 6) is -4.65. The summed E-state index contributed by atoms with van der Waals surface area (Å²) in [7, 11) is -3.81. The maximum absolute atomic E-state index is 16.5. The number of ether oxygens (including phenoxy) is 1. The third-order valence-corrected chi connectivity index (χ3v) is 11.4. The Balaban J connectivity index is 1.36. The fourth-order valence-corrected chi connectivity index (χ4v) is 8.59. The van der Waals surface area contributed by atoms with Gasteiger partial charge in [-0.25, -0.2) is 8.42 Å². The molecule has 3 aromatic rings. The van der Waals surface area contributed by atoms with Crippen molar-refractivity contribution >= 4 is 26.7 Å². The minimum absolute atomic E-state index is 0.123. The number of rotatable bonds is 8. The number of hydrogen-bond acceptors (Lipinski definition) is 5. The molecule has 0 spiro atoms. The lowest BCUT2D eigenvalue weighted by atomic mass is 9.94. The summed E-state index contributed by atoms with van der Waals surface area (Å²) >= 11 is 0. The Morgan fingerprint density at radius 2 is 1.43 bits per heavy atom. The molecule has 2 saturated heterocycles. The van der Waals surface area contributed by atoms with Gasteiger partial charge in [-0.15, -0.1) is 0 Å². The van der Waals surface area contributed by atoms with E-state index in [1.807, 2.05) is 0 Å². The first kappa shape index (κ1) is 32.6. The molecule has 46 heavy (non-hydrogen) atoms. The molecule has 13 heteroatoms. The summed E-state index contributed by atoms with van der Waals surface area (Å²) in [5, 5.41) is 1.20. The summed E-state index contributed by atoms with van der Waals surface area (Å²) in [5.41, 5.74) is 4.07. The highest BCUT2D eigenvalue weighted by Gasteiger charge is 2.56. The Morgan fingerprint density at radius 3 is 2.04 bits per heavy atom. The molecule has 2 bridgehead atoms. The lowest BCUT2D eigenvalue weighted by Gasteiger charge is -2.42. The topological polar surface area (TPSA) is 92.9 Å². The molecule has 2 unspecified atom stereocenters. The maximum Gasteiger partial charge on any atom is 0.416 e. The molecule has 2 N–H and O–H groups in total. The number of carbonyl (C=O) groups excluding carboxylic acids is 1. The van der Waals surface area contributed by atoms with Crippen molar-refractivity contribution in [1.82, 2.24) is 9.21 Å². The Labute approximate surface area is 264 Å². The van der Waals surface area contributed by atoms with Gasteiger partial charge in [0.25, 0.3) is 5.92 Å². The van der Waals surface area contributed by atoms with Crippen LogP contribution in [0.2, 0.25) is 0 Å². The maximum atomic E-state index is 16.5. The number of piperidine rings is 1. The van der Waals surface area contributed by atoms with Crippen LogP contribution in [-0.2, 0) is 26.9 Å². The first-order valence-electron chi connectivity index (χ1n) is 15.5.